The van der Waals surface area contributed by atoms with Crippen LogP contribution in [0.25, 0.3) is 0 Å². The van der Waals surface area contributed by atoms with E-state index in [0.29, 0.717) is 0 Å². The molecule has 1 aliphatic carbocycles. The van der Waals surface area contributed by atoms with Gasteiger partial charge in [-0.2, -0.15) is 0 Å². The predicted molar refractivity (Wildman–Crippen MR) is 77.9 cm³/mol. The third kappa shape index (κ3) is 3.57. The first kappa shape index (κ1) is 15.9. The summed E-state index contributed by atoms with van der Waals surface area (Å²) in [5.41, 5.74) is 0.201. The van der Waals surface area contributed by atoms with Crippen molar-refractivity contribution in [2.45, 2.75) is 44.4 Å². The van der Waals surface area contributed by atoms with Gasteiger partial charge in [-0.1, -0.05) is 11.6 Å². The number of halogens is 3. The second kappa shape index (κ2) is 5.70. The maximum absolute atomic E-state index is 14.0. The quantitative estimate of drug-likeness (QED) is 0.830. The first-order valence-corrected chi connectivity index (χ1v) is 8.05. The highest BCUT2D eigenvalue weighted by atomic mass is 35.5. The van der Waals surface area contributed by atoms with Crippen LogP contribution in [-0.4, -0.2) is 8.96 Å². The summed E-state index contributed by atoms with van der Waals surface area (Å²) < 4.78 is 42.3. The summed E-state index contributed by atoms with van der Waals surface area (Å²) in [6.45, 7) is 5.50. The molecule has 1 saturated carbocycles. The van der Waals surface area contributed by atoms with Gasteiger partial charge in [0.15, 0.2) is 0 Å². The van der Waals surface area contributed by atoms with Crippen molar-refractivity contribution < 1.29 is 13.0 Å². The first-order valence-electron chi connectivity index (χ1n) is 6.52. The molecule has 2 nitrogen and oxygen atoms in total. The molecule has 1 unspecified atom stereocenters. The van der Waals surface area contributed by atoms with Crippen molar-refractivity contribution in [2.75, 3.05) is 0 Å². The van der Waals surface area contributed by atoms with Crippen LogP contribution in [0.2, 0.25) is 5.02 Å². The molecule has 2 rings (SSSR count). The van der Waals surface area contributed by atoms with Gasteiger partial charge in [-0.15, -0.1) is 0 Å². The van der Waals surface area contributed by atoms with Crippen LogP contribution >= 0.6 is 11.6 Å². The van der Waals surface area contributed by atoms with Gasteiger partial charge in [0, 0.05) is 5.56 Å². The molecule has 0 aromatic heterocycles. The van der Waals surface area contributed by atoms with Crippen LogP contribution in [0.4, 0.5) is 8.78 Å². The van der Waals surface area contributed by atoms with Gasteiger partial charge in [0.1, 0.15) is 11.6 Å². The van der Waals surface area contributed by atoms with Crippen LogP contribution in [-0.2, 0) is 11.0 Å². The van der Waals surface area contributed by atoms with E-state index >= 15 is 0 Å². The highest BCUT2D eigenvalue weighted by Gasteiger charge is 2.37. The average Bonchev–Trinajstić information content (AvgIpc) is 3.13. The van der Waals surface area contributed by atoms with Crippen molar-refractivity contribution >= 4 is 22.6 Å². The molecular formula is C14H18ClF2NOS. The van der Waals surface area contributed by atoms with Crippen LogP contribution in [0.3, 0.4) is 0 Å². The minimum Gasteiger partial charge on any atom is -0.242 e. The lowest BCUT2D eigenvalue weighted by Gasteiger charge is -2.25. The summed E-state index contributed by atoms with van der Waals surface area (Å²) in [5.74, 6) is -1.03. The summed E-state index contributed by atoms with van der Waals surface area (Å²) in [5, 5.41) is -0.238. The fraction of sp³-hybridized carbons (Fsp3) is 0.571. The Kier molecular flexibility index (Phi) is 4.52. The summed E-state index contributed by atoms with van der Waals surface area (Å²) in [4.78, 5) is 0. The van der Waals surface area contributed by atoms with E-state index < -0.39 is 33.4 Å². The second-order valence-electron chi connectivity index (χ2n) is 6.10. The standard InChI is InChI=1S/C14H18ClF2NOS/c1-14(2,3)20(19)18-13(8-4-5-8)9-6-12(17)10(15)7-11(9)16/h6-8,13,18H,4-5H2,1-3H3/t13-,20?/m1/s1. The minimum atomic E-state index is -1.34. The maximum Gasteiger partial charge on any atom is 0.142 e. The van der Waals surface area contributed by atoms with Gasteiger partial charge < -0.3 is 0 Å². The van der Waals surface area contributed by atoms with Crippen molar-refractivity contribution in [2.24, 2.45) is 5.92 Å². The van der Waals surface area contributed by atoms with Crippen molar-refractivity contribution in [3.63, 3.8) is 0 Å². The first-order chi connectivity index (χ1) is 9.20. The Morgan fingerprint density at radius 2 is 1.90 bits per heavy atom. The van der Waals surface area contributed by atoms with E-state index in [1.165, 1.54) is 0 Å². The Morgan fingerprint density at radius 1 is 1.30 bits per heavy atom. The highest BCUT2D eigenvalue weighted by molar-refractivity contribution is 7.84. The second-order valence-corrected chi connectivity index (χ2v) is 8.51. The van der Waals surface area contributed by atoms with Crippen LogP contribution in [0.1, 0.15) is 45.2 Å². The molecule has 0 heterocycles. The normalized spacial score (nSPS) is 18.9. The van der Waals surface area contributed by atoms with Crippen molar-refractivity contribution in [1.29, 1.82) is 0 Å². The van der Waals surface area contributed by atoms with Gasteiger partial charge in [-0.3, -0.25) is 0 Å². The predicted octanol–water partition coefficient (Wildman–Crippen LogP) is 4.12. The fourth-order valence-corrected chi connectivity index (χ4v) is 2.97. The van der Waals surface area contributed by atoms with Crippen molar-refractivity contribution in [3.8, 4) is 0 Å². The monoisotopic (exact) mass is 321 g/mol. The molecule has 0 saturated heterocycles. The molecule has 0 spiro atoms. The Morgan fingerprint density at radius 3 is 2.40 bits per heavy atom. The van der Waals surface area contributed by atoms with Gasteiger partial charge >= 0.3 is 0 Å². The van der Waals surface area contributed by atoms with Gasteiger partial charge in [0.2, 0.25) is 0 Å². The highest BCUT2D eigenvalue weighted by Crippen LogP contribution is 2.43. The lowest BCUT2D eigenvalue weighted by molar-refractivity contribution is 0.510. The fourth-order valence-electron chi connectivity index (χ4n) is 1.91. The Hall–Kier alpha value is -0.520. The zero-order valence-corrected chi connectivity index (χ0v) is 13.2. The summed E-state index contributed by atoms with van der Waals surface area (Å²) in [6, 6.07) is 1.64. The Balaban J connectivity index is 2.30. The zero-order valence-electron chi connectivity index (χ0n) is 11.7. The number of hydrogen-bond donors (Lipinski definition) is 1. The number of benzene rings is 1. The van der Waals surface area contributed by atoms with Crippen LogP contribution in [0.5, 0.6) is 0 Å². The zero-order chi connectivity index (χ0) is 15.1. The van der Waals surface area contributed by atoms with Gasteiger partial charge in [0.25, 0.3) is 0 Å². The lowest BCUT2D eigenvalue weighted by Crippen LogP contribution is -2.36. The summed E-state index contributed by atoms with van der Waals surface area (Å²) in [7, 11) is -1.34. The molecule has 0 aliphatic heterocycles. The van der Waals surface area contributed by atoms with E-state index in [2.05, 4.69) is 4.72 Å². The van der Waals surface area contributed by atoms with Crippen molar-refractivity contribution in [3.05, 3.63) is 34.4 Å². The van der Waals surface area contributed by atoms with Gasteiger partial charge in [-0.05, 0) is 51.7 Å². The molecule has 1 aliphatic rings. The molecule has 1 fully saturated rings. The number of rotatable bonds is 4. The van der Waals surface area contributed by atoms with Crippen LogP contribution in [0, 0.1) is 17.6 Å². The van der Waals surface area contributed by atoms with Crippen LogP contribution < -0.4 is 4.72 Å². The SMILES string of the molecule is CC(C)(C)S(=O)N[C@@H](c1cc(F)c(Cl)cc1F)C1CC1. The minimum absolute atomic E-state index is 0.191. The Labute approximate surface area is 125 Å². The smallest absolute Gasteiger partial charge is 0.142 e. The number of nitrogens with one attached hydrogen (secondary N) is 1. The average molecular weight is 322 g/mol. The molecule has 20 heavy (non-hydrogen) atoms. The molecule has 1 N–H and O–H groups in total. The Bertz CT molecular complexity index is 541. The largest absolute Gasteiger partial charge is 0.242 e. The summed E-state index contributed by atoms with van der Waals surface area (Å²) >= 11 is 5.57. The van der Waals surface area contributed by atoms with Crippen molar-refractivity contribution in [1.82, 2.24) is 4.72 Å². The van der Waals surface area contributed by atoms with E-state index in [0.717, 1.165) is 25.0 Å². The molecular weight excluding hydrogens is 304 g/mol. The summed E-state index contributed by atoms with van der Waals surface area (Å²) in [6.07, 6.45) is 1.84. The van der Waals surface area contributed by atoms with Gasteiger partial charge in [-0.25, -0.2) is 17.7 Å². The van der Waals surface area contributed by atoms with E-state index in [1.807, 2.05) is 20.8 Å². The topological polar surface area (TPSA) is 29.1 Å². The lowest BCUT2D eigenvalue weighted by atomic mass is 10.0. The molecule has 2 atom stereocenters. The molecule has 6 heteroatoms. The van der Waals surface area contributed by atoms with Crippen LogP contribution in [0.15, 0.2) is 12.1 Å². The maximum atomic E-state index is 14.0. The van der Waals surface area contributed by atoms with E-state index in [-0.39, 0.29) is 16.5 Å². The number of hydrogen-bond acceptors (Lipinski definition) is 1. The third-order valence-electron chi connectivity index (χ3n) is 3.26. The molecule has 1 aromatic carbocycles. The van der Waals surface area contributed by atoms with E-state index in [9.17, 15) is 13.0 Å². The molecule has 0 amide bonds. The molecule has 1 aromatic rings. The van der Waals surface area contributed by atoms with E-state index in [1.54, 1.807) is 0 Å². The molecule has 0 radical (unpaired) electrons. The third-order valence-corrected chi connectivity index (χ3v) is 5.13. The molecule has 0 bridgehead atoms. The van der Waals surface area contributed by atoms with E-state index in [4.69, 9.17) is 11.6 Å². The molecule has 112 valence electrons. The van der Waals surface area contributed by atoms with Gasteiger partial charge in [0.05, 0.1) is 26.8 Å².